The summed E-state index contributed by atoms with van der Waals surface area (Å²) < 4.78 is 25.0. The molecule has 178 valence electrons. The molecule has 1 N–H and O–H groups in total. The molecular weight excluding hydrogens is 484 g/mol. The predicted octanol–water partition coefficient (Wildman–Crippen LogP) is 5.90. The number of aryl methyl sites for hydroxylation is 1. The predicted molar refractivity (Wildman–Crippen MR) is 137 cm³/mol. The number of thiazole rings is 1. The van der Waals surface area contributed by atoms with Crippen LogP contribution in [0.5, 0.6) is 11.5 Å². The Balaban J connectivity index is 1.26. The third-order valence-electron chi connectivity index (χ3n) is 5.63. The molecule has 1 aliphatic heterocycles. The Hall–Kier alpha value is -3.47. The first-order valence-corrected chi connectivity index (χ1v) is 12.7. The number of ether oxygens (including phenoxy) is 3. The van der Waals surface area contributed by atoms with Gasteiger partial charge in [-0.1, -0.05) is 29.8 Å². The summed E-state index contributed by atoms with van der Waals surface area (Å²) in [5.74, 6) is 1.96. The van der Waals surface area contributed by atoms with Gasteiger partial charge in [0.2, 0.25) is 0 Å². The molecule has 1 unspecified atom stereocenters. The van der Waals surface area contributed by atoms with Crippen LogP contribution in [0.25, 0.3) is 33.0 Å². The molecule has 0 saturated heterocycles. The van der Waals surface area contributed by atoms with Crippen molar-refractivity contribution in [3.63, 3.8) is 0 Å². The van der Waals surface area contributed by atoms with Crippen molar-refractivity contribution in [1.29, 1.82) is 0 Å². The molecule has 4 heterocycles. The maximum atomic E-state index is 6.20. The van der Waals surface area contributed by atoms with Gasteiger partial charge < -0.3 is 18.6 Å². The number of furan rings is 1. The van der Waals surface area contributed by atoms with E-state index < -0.39 is 0 Å². The molecular formula is C25H22N4O4S2. The highest BCUT2D eigenvalue weighted by molar-refractivity contribution is 7.99. The van der Waals surface area contributed by atoms with Crippen LogP contribution in [0, 0.1) is 6.92 Å². The fourth-order valence-electron chi connectivity index (χ4n) is 3.79. The molecule has 6 rings (SSSR count). The number of methoxy groups -OCH3 is 2. The molecule has 5 aromatic rings. The summed E-state index contributed by atoms with van der Waals surface area (Å²) in [7, 11) is 3.28. The van der Waals surface area contributed by atoms with Crippen LogP contribution in [0.3, 0.4) is 0 Å². The van der Waals surface area contributed by atoms with E-state index in [0.29, 0.717) is 29.4 Å². The maximum Gasteiger partial charge on any atom is 0.196 e. The van der Waals surface area contributed by atoms with Crippen molar-refractivity contribution in [2.45, 2.75) is 24.2 Å². The van der Waals surface area contributed by atoms with Gasteiger partial charge in [0.15, 0.2) is 16.5 Å². The average Bonchev–Trinajstić information content (AvgIpc) is 3.65. The van der Waals surface area contributed by atoms with E-state index in [1.165, 1.54) is 17.3 Å². The lowest BCUT2D eigenvalue weighted by molar-refractivity contribution is 0.187. The first-order chi connectivity index (χ1) is 17.1. The number of nitrogens with one attached hydrogen (secondary N) is 1. The van der Waals surface area contributed by atoms with Crippen molar-refractivity contribution < 1.29 is 18.6 Å². The van der Waals surface area contributed by atoms with Gasteiger partial charge >= 0.3 is 0 Å². The molecule has 2 aromatic carbocycles. The van der Waals surface area contributed by atoms with Crippen LogP contribution in [-0.4, -0.2) is 34.4 Å². The van der Waals surface area contributed by atoms with E-state index in [9.17, 15) is 0 Å². The average molecular weight is 507 g/mol. The van der Waals surface area contributed by atoms with Crippen LogP contribution in [0.2, 0.25) is 0 Å². The topological polar surface area (TPSA) is 83.6 Å². The van der Waals surface area contributed by atoms with Gasteiger partial charge in [0, 0.05) is 30.2 Å². The molecule has 0 amide bonds. The lowest BCUT2D eigenvalue weighted by Crippen LogP contribution is -2.19. The summed E-state index contributed by atoms with van der Waals surface area (Å²) in [6, 6.07) is 14.0. The van der Waals surface area contributed by atoms with E-state index in [4.69, 9.17) is 23.6 Å². The Bertz CT molecular complexity index is 1480. The molecule has 0 saturated carbocycles. The largest absolute Gasteiger partial charge is 0.496 e. The van der Waals surface area contributed by atoms with Crippen LogP contribution in [-0.2, 0) is 11.3 Å². The number of fused-ring (bicyclic) bond motifs is 2. The SMILES string of the molecule is COc1cc(OCc2csc(-c3ccc(C)cc3)n2)c2cc(-c3cn4c(n3)SC(OC)N4)oc2c1. The first-order valence-electron chi connectivity index (χ1n) is 10.9. The zero-order valence-corrected chi connectivity index (χ0v) is 20.9. The number of hydrogen-bond donors (Lipinski definition) is 1. The highest BCUT2D eigenvalue weighted by Crippen LogP contribution is 2.38. The van der Waals surface area contributed by atoms with Gasteiger partial charge in [-0.05, 0) is 24.8 Å². The minimum atomic E-state index is -0.149. The molecule has 0 aliphatic carbocycles. The molecule has 8 nitrogen and oxygen atoms in total. The van der Waals surface area contributed by atoms with E-state index in [1.54, 1.807) is 25.6 Å². The lowest BCUT2D eigenvalue weighted by atomic mass is 10.2. The molecule has 0 bridgehead atoms. The van der Waals surface area contributed by atoms with Crippen molar-refractivity contribution in [3.05, 3.63) is 65.3 Å². The minimum absolute atomic E-state index is 0.149. The van der Waals surface area contributed by atoms with Crippen LogP contribution < -0.4 is 14.9 Å². The number of thioether (sulfide) groups is 1. The van der Waals surface area contributed by atoms with Crippen LogP contribution in [0.4, 0.5) is 0 Å². The van der Waals surface area contributed by atoms with Crippen LogP contribution >= 0.6 is 23.1 Å². The standard InChI is InChI=1S/C25H22N4O4S2/c1-14-4-6-15(7-5-14)23-26-16(13-34-23)12-32-20-8-17(30-2)9-21-18(20)10-22(33-21)19-11-29-24(27-19)35-25(28-29)31-3/h4-11,13,25,28H,12H2,1-3H3. The van der Waals surface area contributed by atoms with E-state index in [-0.39, 0.29) is 5.56 Å². The fourth-order valence-corrected chi connectivity index (χ4v) is 5.43. The van der Waals surface area contributed by atoms with E-state index in [0.717, 1.165) is 32.5 Å². The van der Waals surface area contributed by atoms with E-state index >= 15 is 0 Å². The van der Waals surface area contributed by atoms with Crippen LogP contribution in [0.1, 0.15) is 11.3 Å². The summed E-state index contributed by atoms with van der Waals surface area (Å²) >= 11 is 3.11. The van der Waals surface area contributed by atoms with Gasteiger partial charge in [0.05, 0.1) is 24.4 Å². The highest BCUT2D eigenvalue weighted by atomic mass is 32.2. The fraction of sp³-hybridized carbons (Fsp3) is 0.200. The van der Waals surface area contributed by atoms with Crippen molar-refractivity contribution in [2.24, 2.45) is 0 Å². The summed E-state index contributed by atoms with van der Waals surface area (Å²) in [6.45, 7) is 2.41. The van der Waals surface area contributed by atoms with E-state index in [2.05, 4.69) is 41.6 Å². The quantitative estimate of drug-likeness (QED) is 0.292. The Morgan fingerprint density at radius 3 is 2.74 bits per heavy atom. The Morgan fingerprint density at radius 2 is 1.97 bits per heavy atom. The normalized spacial score (nSPS) is 14.8. The number of rotatable bonds is 7. The Kier molecular flexibility index (Phi) is 5.63. The molecule has 0 radical (unpaired) electrons. The molecule has 0 fully saturated rings. The zero-order chi connectivity index (χ0) is 23.9. The molecule has 1 atom stereocenters. The minimum Gasteiger partial charge on any atom is -0.496 e. The number of aromatic nitrogens is 3. The summed E-state index contributed by atoms with van der Waals surface area (Å²) in [4.78, 5) is 9.41. The van der Waals surface area contributed by atoms with Gasteiger partial charge in [-0.25, -0.2) is 14.6 Å². The molecule has 10 heteroatoms. The molecule has 1 aliphatic rings. The zero-order valence-electron chi connectivity index (χ0n) is 19.3. The summed E-state index contributed by atoms with van der Waals surface area (Å²) in [5, 5.41) is 4.66. The first kappa shape index (κ1) is 22.0. The number of benzene rings is 2. The Morgan fingerprint density at radius 1 is 1.11 bits per heavy atom. The van der Waals surface area contributed by atoms with Crippen LogP contribution in [0.15, 0.2) is 63.6 Å². The van der Waals surface area contributed by atoms with Crippen molar-refractivity contribution in [1.82, 2.24) is 14.6 Å². The number of hydrogen-bond acceptors (Lipinski definition) is 9. The third-order valence-corrected chi connectivity index (χ3v) is 7.58. The number of imidazole rings is 1. The second-order valence-electron chi connectivity index (χ2n) is 8.04. The second kappa shape index (κ2) is 8.95. The van der Waals surface area contributed by atoms with Gasteiger partial charge in [0.1, 0.15) is 34.4 Å². The number of nitrogens with zero attached hydrogens (tertiary/aromatic N) is 3. The van der Waals surface area contributed by atoms with E-state index in [1.807, 2.05) is 34.5 Å². The van der Waals surface area contributed by atoms with Crippen molar-refractivity contribution in [2.75, 3.05) is 19.6 Å². The monoisotopic (exact) mass is 506 g/mol. The van der Waals surface area contributed by atoms with Crippen molar-refractivity contribution >= 4 is 34.1 Å². The third kappa shape index (κ3) is 4.24. The van der Waals surface area contributed by atoms with Gasteiger partial charge in [0.25, 0.3) is 0 Å². The molecule has 35 heavy (non-hydrogen) atoms. The maximum absolute atomic E-state index is 6.20. The lowest BCUT2D eigenvalue weighted by Gasteiger charge is -2.08. The smallest absolute Gasteiger partial charge is 0.196 e. The molecule has 0 spiro atoms. The van der Waals surface area contributed by atoms with Crippen molar-refractivity contribution in [3.8, 4) is 33.5 Å². The summed E-state index contributed by atoms with van der Waals surface area (Å²) in [6.07, 6.45) is 1.89. The molecule has 3 aromatic heterocycles. The van der Waals surface area contributed by atoms with Gasteiger partial charge in [-0.15, -0.1) is 11.3 Å². The van der Waals surface area contributed by atoms with Gasteiger partial charge in [-0.3, -0.25) is 5.43 Å². The Labute approximate surface area is 209 Å². The highest BCUT2D eigenvalue weighted by Gasteiger charge is 2.25. The summed E-state index contributed by atoms with van der Waals surface area (Å²) in [5.41, 5.74) is 7.63. The van der Waals surface area contributed by atoms with Gasteiger partial charge in [-0.2, -0.15) is 0 Å². The second-order valence-corrected chi connectivity index (χ2v) is 9.93.